The number of benzene rings is 2. The van der Waals surface area contributed by atoms with Crippen LogP contribution in [0.4, 0.5) is 4.39 Å². The van der Waals surface area contributed by atoms with E-state index in [4.69, 9.17) is 10.5 Å². The van der Waals surface area contributed by atoms with Crippen molar-refractivity contribution in [3.8, 4) is 0 Å². The molecule has 2 aromatic carbocycles. The third kappa shape index (κ3) is 3.69. The van der Waals surface area contributed by atoms with Crippen molar-refractivity contribution < 1.29 is 13.9 Å². The van der Waals surface area contributed by atoms with Crippen molar-refractivity contribution in [1.82, 2.24) is 4.90 Å². The number of nitrogens with two attached hydrogens (primary N) is 1. The van der Waals surface area contributed by atoms with Crippen molar-refractivity contribution in [2.45, 2.75) is 36.3 Å². The second-order valence-corrected chi connectivity index (χ2v) is 8.51. The molecule has 2 heterocycles. The molecule has 0 spiro atoms. The number of fused-ring (bicyclic) bond motifs is 1. The second kappa shape index (κ2) is 8.23. The molecule has 2 aliphatic heterocycles. The van der Waals surface area contributed by atoms with Gasteiger partial charge in [0, 0.05) is 17.8 Å². The van der Waals surface area contributed by atoms with Crippen LogP contribution in [0, 0.1) is 5.82 Å². The van der Waals surface area contributed by atoms with E-state index in [2.05, 4.69) is 12.1 Å². The molecule has 0 bridgehead atoms. The summed E-state index contributed by atoms with van der Waals surface area (Å²) in [6.45, 7) is 1.02. The highest BCUT2D eigenvalue weighted by Crippen LogP contribution is 2.36. The van der Waals surface area contributed by atoms with Crippen molar-refractivity contribution >= 4 is 17.7 Å². The normalized spacial score (nSPS) is 27.3. The van der Waals surface area contributed by atoms with Gasteiger partial charge in [-0.2, -0.15) is 11.8 Å². The first kappa shape index (κ1) is 19.4. The van der Waals surface area contributed by atoms with E-state index in [1.165, 1.54) is 17.7 Å². The summed E-state index contributed by atoms with van der Waals surface area (Å²) in [6.07, 6.45) is 2.97. The van der Waals surface area contributed by atoms with Crippen LogP contribution in [0.3, 0.4) is 0 Å². The Bertz CT molecular complexity index is 845. The zero-order valence-corrected chi connectivity index (χ0v) is 16.7. The number of hydrogen-bond acceptors (Lipinski definition) is 4. The molecule has 6 heteroatoms. The topological polar surface area (TPSA) is 55.6 Å². The van der Waals surface area contributed by atoms with Gasteiger partial charge in [-0.15, -0.1) is 0 Å². The third-order valence-electron chi connectivity index (χ3n) is 5.74. The molecule has 0 unspecified atom stereocenters. The molecule has 4 nitrogen and oxygen atoms in total. The molecule has 2 aromatic rings. The molecular weight excluding hydrogens is 375 g/mol. The minimum atomic E-state index is -0.481. The quantitative estimate of drug-likeness (QED) is 0.860. The van der Waals surface area contributed by atoms with E-state index in [0.29, 0.717) is 19.6 Å². The zero-order chi connectivity index (χ0) is 19.7. The molecule has 148 valence electrons. The minimum absolute atomic E-state index is 0.00484. The van der Waals surface area contributed by atoms with Gasteiger partial charge >= 0.3 is 0 Å². The number of halogens is 1. The summed E-state index contributed by atoms with van der Waals surface area (Å²) >= 11 is 1.69. The number of ether oxygens (including phenoxy) is 1. The Hall–Kier alpha value is -1.89. The lowest BCUT2D eigenvalue weighted by Crippen LogP contribution is -2.52. The van der Waals surface area contributed by atoms with Gasteiger partial charge in [-0.25, -0.2) is 4.39 Å². The van der Waals surface area contributed by atoms with Gasteiger partial charge in [0.1, 0.15) is 11.9 Å². The lowest BCUT2D eigenvalue weighted by atomic mass is 9.87. The smallest absolute Gasteiger partial charge is 0.252 e. The molecule has 4 rings (SSSR count). The monoisotopic (exact) mass is 400 g/mol. The van der Waals surface area contributed by atoms with Crippen LogP contribution < -0.4 is 5.73 Å². The SMILES string of the molecule is CS[C@H]1C[C@H](C(=O)N2CCc3ccccc3[C@@H]2c2ccc(F)cc2)OC[C@H]1N. The number of thioether (sulfide) groups is 1. The highest BCUT2D eigenvalue weighted by atomic mass is 32.2. The first-order chi connectivity index (χ1) is 13.6. The van der Waals surface area contributed by atoms with Crippen LogP contribution in [-0.4, -0.2) is 47.6 Å². The molecule has 28 heavy (non-hydrogen) atoms. The molecule has 0 saturated carbocycles. The summed E-state index contributed by atoms with van der Waals surface area (Å²) in [5, 5.41) is 0.212. The fourth-order valence-electron chi connectivity index (χ4n) is 4.23. The number of hydrogen-bond donors (Lipinski definition) is 1. The fourth-order valence-corrected chi connectivity index (χ4v) is 5.02. The maximum atomic E-state index is 13.5. The maximum Gasteiger partial charge on any atom is 0.252 e. The van der Waals surface area contributed by atoms with Gasteiger partial charge in [0.15, 0.2) is 0 Å². The van der Waals surface area contributed by atoms with Crippen LogP contribution in [0.5, 0.6) is 0 Å². The standard InChI is InChI=1S/C22H25FN2O2S/c1-28-20-12-19(27-13-18(20)24)22(26)25-11-10-14-4-2-3-5-17(14)21(25)15-6-8-16(23)9-7-15/h2-9,18-21H,10-13,24H2,1H3/t18-,19-,20+,21+/m1/s1. The van der Waals surface area contributed by atoms with Crippen molar-refractivity contribution in [1.29, 1.82) is 0 Å². The summed E-state index contributed by atoms with van der Waals surface area (Å²) in [7, 11) is 0. The number of carbonyl (C=O) groups excluding carboxylic acids is 1. The van der Waals surface area contributed by atoms with E-state index in [1.807, 2.05) is 23.3 Å². The Morgan fingerprint density at radius 1 is 1.21 bits per heavy atom. The Labute approximate surface area is 169 Å². The molecule has 0 aliphatic carbocycles. The zero-order valence-electron chi connectivity index (χ0n) is 15.9. The molecule has 4 atom stereocenters. The lowest BCUT2D eigenvalue weighted by Gasteiger charge is -2.41. The minimum Gasteiger partial charge on any atom is -0.367 e. The third-order valence-corrected chi connectivity index (χ3v) is 6.89. The van der Waals surface area contributed by atoms with Gasteiger partial charge in [0.25, 0.3) is 5.91 Å². The van der Waals surface area contributed by atoms with Gasteiger partial charge in [0.05, 0.1) is 12.6 Å². The summed E-state index contributed by atoms with van der Waals surface area (Å²) in [5.74, 6) is -0.284. The molecular formula is C22H25FN2O2S. The molecule has 2 N–H and O–H groups in total. The van der Waals surface area contributed by atoms with Crippen molar-refractivity contribution in [2.75, 3.05) is 19.4 Å². The lowest BCUT2D eigenvalue weighted by molar-refractivity contribution is -0.149. The van der Waals surface area contributed by atoms with Crippen LogP contribution in [0.2, 0.25) is 0 Å². The van der Waals surface area contributed by atoms with Gasteiger partial charge in [-0.3, -0.25) is 4.79 Å². The van der Waals surface area contributed by atoms with E-state index < -0.39 is 6.10 Å². The average Bonchev–Trinajstić information content (AvgIpc) is 2.73. The largest absolute Gasteiger partial charge is 0.367 e. The maximum absolute atomic E-state index is 13.5. The molecule has 1 amide bonds. The first-order valence-corrected chi connectivity index (χ1v) is 10.9. The van der Waals surface area contributed by atoms with Crippen molar-refractivity contribution in [2.24, 2.45) is 5.73 Å². The van der Waals surface area contributed by atoms with Crippen LogP contribution in [0.15, 0.2) is 48.5 Å². The molecule has 1 fully saturated rings. The van der Waals surface area contributed by atoms with E-state index in [9.17, 15) is 9.18 Å². The van der Waals surface area contributed by atoms with Crippen LogP contribution in [-0.2, 0) is 16.0 Å². The van der Waals surface area contributed by atoms with E-state index in [-0.39, 0.29) is 29.1 Å². The van der Waals surface area contributed by atoms with Crippen LogP contribution in [0.25, 0.3) is 0 Å². The highest BCUT2D eigenvalue weighted by molar-refractivity contribution is 7.99. The van der Waals surface area contributed by atoms with Crippen molar-refractivity contribution in [3.05, 3.63) is 71.0 Å². The van der Waals surface area contributed by atoms with E-state index >= 15 is 0 Å². The highest BCUT2D eigenvalue weighted by Gasteiger charge is 2.39. The molecule has 0 radical (unpaired) electrons. The number of nitrogens with zero attached hydrogens (tertiary/aromatic N) is 1. The number of amides is 1. The Morgan fingerprint density at radius 2 is 1.96 bits per heavy atom. The summed E-state index contributed by atoms with van der Waals surface area (Å²) < 4.78 is 19.3. The van der Waals surface area contributed by atoms with Crippen LogP contribution in [0.1, 0.15) is 29.2 Å². The molecule has 2 aliphatic rings. The Kier molecular flexibility index (Phi) is 5.71. The average molecular weight is 401 g/mol. The summed E-state index contributed by atoms with van der Waals surface area (Å²) in [4.78, 5) is 15.4. The second-order valence-electron chi connectivity index (χ2n) is 7.43. The van der Waals surface area contributed by atoms with E-state index in [1.54, 1.807) is 23.9 Å². The predicted molar refractivity (Wildman–Crippen MR) is 110 cm³/mol. The van der Waals surface area contributed by atoms with E-state index in [0.717, 1.165) is 17.5 Å². The fraction of sp³-hybridized carbons (Fsp3) is 0.409. The predicted octanol–water partition coefficient (Wildman–Crippen LogP) is 3.15. The first-order valence-electron chi connectivity index (χ1n) is 9.62. The summed E-state index contributed by atoms with van der Waals surface area (Å²) in [6, 6.07) is 14.3. The van der Waals surface area contributed by atoms with Crippen molar-refractivity contribution in [3.63, 3.8) is 0 Å². The van der Waals surface area contributed by atoms with Gasteiger partial charge < -0.3 is 15.4 Å². The van der Waals surface area contributed by atoms with Gasteiger partial charge in [-0.05, 0) is 47.9 Å². The van der Waals surface area contributed by atoms with Gasteiger partial charge in [-0.1, -0.05) is 36.4 Å². The Balaban J connectivity index is 1.67. The number of rotatable bonds is 3. The summed E-state index contributed by atoms with van der Waals surface area (Å²) in [5.41, 5.74) is 9.36. The molecule has 0 aromatic heterocycles. The molecule has 1 saturated heterocycles. The van der Waals surface area contributed by atoms with Crippen LogP contribution >= 0.6 is 11.8 Å². The Morgan fingerprint density at radius 3 is 2.71 bits per heavy atom. The van der Waals surface area contributed by atoms with Gasteiger partial charge in [0.2, 0.25) is 0 Å². The number of carbonyl (C=O) groups is 1.